The number of primary amides is 1. The summed E-state index contributed by atoms with van der Waals surface area (Å²) >= 11 is 0. The first-order valence-electron chi connectivity index (χ1n) is 5.77. The number of carbonyl (C=O) groups excluding carboxylic acids is 1. The van der Waals surface area contributed by atoms with Gasteiger partial charge < -0.3 is 15.7 Å². The molecule has 1 amide bonds. The number of unbranched alkanes of at least 4 members (excludes halogenated alkanes) is 1. The second-order valence-corrected chi connectivity index (χ2v) is 3.95. The lowest BCUT2D eigenvalue weighted by Gasteiger charge is -2.23. The average molecular weight is 251 g/mol. The highest BCUT2D eigenvalue weighted by Crippen LogP contribution is 2.15. The summed E-state index contributed by atoms with van der Waals surface area (Å²) in [6, 6.07) is 3.12. The number of nitrogens with zero attached hydrogens (tertiary/aromatic N) is 2. The first-order chi connectivity index (χ1) is 8.54. The van der Waals surface area contributed by atoms with Gasteiger partial charge in [-0.2, -0.15) is 0 Å². The van der Waals surface area contributed by atoms with Gasteiger partial charge in [0.25, 0.3) is 0 Å². The molecule has 0 aliphatic carbocycles. The van der Waals surface area contributed by atoms with Crippen molar-refractivity contribution in [2.24, 2.45) is 5.73 Å². The summed E-state index contributed by atoms with van der Waals surface area (Å²) in [6.45, 7) is 2.77. The van der Waals surface area contributed by atoms with Crippen LogP contribution in [0.1, 0.15) is 30.3 Å². The molecule has 1 aromatic rings. The van der Waals surface area contributed by atoms with Gasteiger partial charge in [-0.25, -0.2) is 9.78 Å². The van der Waals surface area contributed by atoms with Crippen molar-refractivity contribution < 1.29 is 14.7 Å². The van der Waals surface area contributed by atoms with Gasteiger partial charge in [0.15, 0.2) is 0 Å². The van der Waals surface area contributed by atoms with Crippen molar-refractivity contribution in [1.29, 1.82) is 0 Å². The fourth-order valence-electron chi connectivity index (χ4n) is 1.57. The van der Waals surface area contributed by atoms with E-state index in [1.54, 1.807) is 11.0 Å². The maximum Gasteiger partial charge on any atom is 0.354 e. The molecule has 6 nitrogen and oxygen atoms in total. The molecule has 6 heteroatoms. The van der Waals surface area contributed by atoms with E-state index in [0.29, 0.717) is 12.2 Å². The minimum absolute atomic E-state index is 0.0431. The van der Waals surface area contributed by atoms with Gasteiger partial charge in [0.05, 0.1) is 6.54 Å². The molecule has 0 bridgehead atoms. The Labute approximate surface area is 105 Å². The summed E-state index contributed by atoms with van der Waals surface area (Å²) in [5.41, 5.74) is 5.79. The van der Waals surface area contributed by atoms with Crippen LogP contribution in [0.3, 0.4) is 0 Å². The molecule has 1 aromatic heterocycles. The number of nitrogens with two attached hydrogens (primary N) is 1. The molecule has 1 rings (SSSR count). The van der Waals surface area contributed by atoms with Crippen LogP contribution < -0.4 is 10.6 Å². The van der Waals surface area contributed by atoms with Gasteiger partial charge in [-0.1, -0.05) is 13.3 Å². The average Bonchev–Trinajstić information content (AvgIpc) is 2.34. The molecule has 0 radical (unpaired) electrons. The van der Waals surface area contributed by atoms with Gasteiger partial charge in [-0.3, -0.25) is 4.79 Å². The van der Waals surface area contributed by atoms with E-state index in [1.807, 2.05) is 6.92 Å². The summed E-state index contributed by atoms with van der Waals surface area (Å²) < 4.78 is 0. The van der Waals surface area contributed by atoms with Gasteiger partial charge in [0, 0.05) is 18.4 Å². The molecule has 0 saturated carbocycles. The monoisotopic (exact) mass is 251 g/mol. The third-order valence-electron chi connectivity index (χ3n) is 2.46. The maximum absolute atomic E-state index is 11.0. The van der Waals surface area contributed by atoms with Crippen molar-refractivity contribution in [2.45, 2.75) is 19.8 Å². The predicted molar refractivity (Wildman–Crippen MR) is 67.5 cm³/mol. The molecular formula is C12H17N3O3. The highest BCUT2D eigenvalue weighted by Gasteiger charge is 2.12. The van der Waals surface area contributed by atoms with Crippen LogP contribution in [0.5, 0.6) is 0 Å². The van der Waals surface area contributed by atoms with Crippen molar-refractivity contribution in [3.8, 4) is 0 Å². The number of aromatic nitrogens is 1. The third kappa shape index (κ3) is 4.04. The Kier molecular flexibility index (Phi) is 5.10. The Hall–Kier alpha value is -2.11. The van der Waals surface area contributed by atoms with E-state index in [4.69, 9.17) is 10.8 Å². The lowest BCUT2D eigenvalue weighted by molar-refractivity contribution is -0.116. The van der Waals surface area contributed by atoms with Crippen molar-refractivity contribution in [3.05, 3.63) is 24.0 Å². The topological polar surface area (TPSA) is 96.5 Å². The standard InChI is InChI=1S/C12H17N3O3/c1-2-3-6-15(8-11(13)16)9-4-5-14-10(7-9)12(17)18/h4-5,7H,2-3,6,8H2,1H3,(H2,13,16)(H,17,18). The molecule has 0 atom stereocenters. The van der Waals surface area contributed by atoms with Gasteiger partial charge in [0.1, 0.15) is 5.69 Å². The number of anilines is 1. The van der Waals surface area contributed by atoms with Crippen molar-refractivity contribution in [1.82, 2.24) is 4.98 Å². The number of rotatable bonds is 7. The van der Waals surface area contributed by atoms with Crippen molar-refractivity contribution in [3.63, 3.8) is 0 Å². The fourth-order valence-corrected chi connectivity index (χ4v) is 1.57. The molecule has 0 aromatic carbocycles. The van der Waals surface area contributed by atoms with Crippen LogP contribution in [0, 0.1) is 0 Å². The Balaban J connectivity index is 2.92. The van der Waals surface area contributed by atoms with Crippen LogP contribution >= 0.6 is 0 Å². The molecule has 98 valence electrons. The summed E-state index contributed by atoms with van der Waals surface area (Å²) in [6.07, 6.45) is 3.29. The van der Waals surface area contributed by atoms with E-state index >= 15 is 0 Å². The zero-order valence-electron chi connectivity index (χ0n) is 10.3. The molecule has 0 saturated heterocycles. The normalized spacial score (nSPS) is 10.1. The third-order valence-corrected chi connectivity index (χ3v) is 2.46. The van der Waals surface area contributed by atoms with Crippen LogP contribution in [0.15, 0.2) is 18.3 Å². The van der Waals surface area contributed by atoms with E-state index < -0.39 is 11.9 Å². The number of carboxylic acid groups (broad SMARTS) is 1. The van der Waals surface area contributed by atoms with Gasteiger partial charge >= 0.3 is 5.97 Å². The number of hydrogen-bond donors (Lipinski definition) is 2. The maximum atomic E-state index is 11.0. The van der Waals surface area contributed by atoms with Crippen LogP contribution in [0.25, 0.3) is 0 Å². The molecule has 0 spiro atoms. The number of pyridine rings is 1. The lowest BCUT2D eigenvalue weighted by atomic mass is 10.2. The van der Waals surface area contributed by atoms with Crippen LogP contribution in [-0.2, 0) is 4.79 Å². The molecule has 1 heterocycles. The fraction of sp³-hybridized carbons (Fsp3) is 0.417. The Bertz CT molecular complexity index is 434. The molecule has 18 heavy (non-hydrogen) atoms. The van der Waals surface area contributed by atoms with Crippen LogP contribution in [0.4, 0.5) is 5.69 Å². The zero-order valence-corrected chi connectivity index (χ0v) is 10.3. The number of carbonyl (C=O) groups is 2. The number of amides is 1. The predicted octanol–water partition coefficient (Wildman–Crippen LogP) is 0.872. The Morgan fingerprint density at radius 2 is 2.22 bits per heavy atom. The summed E-state index contributed by atoms with van der Waals surface area (Å²) in [5.74, 6) is -1.54. The molecular weight excluding hydrogens is 234 g/mol. The van der Waals surface area contributed by atoms with E-state index in [-0.39, 0.29) is 12.2 Å². The number of aromatic carboxylic acids is 1. The Morgan fingerprint density at radius 1 is 1.50 bits per heavy atom. The lowest BCUT2D eigenvalue weighted by Crippen LogP contribution is -2.34. The molecule has 0 aliphatic heterocycles. The largest absolute Gasteiger partial charge is 0.477 e. The van der Waals surface area contributed by atoms with E-state index in [2.05, 4.69) is 4.98 Å². The SMILES string of the molecule is CCCCN(CC(N)=O)c1ccnc(C(=O)O)c1. The van der Waals surface area contributed by atoms with Crippen LogP contribution in [-0.4, -0.2) is 35.1 Å². The summed E-state index contributed by atoms with van der Waals surface area (Å²) in [7, 11) is 0. The van der Waals surface area contributed by atoms with E-state index in [9.17, 15) is 9.59 Å². The second kappa shape index (κ2) is 6.58. The molecule has 0 aliphatic rings. The van der Waals surface area contributed by atoms with E-state index in [0.717, 1.165) is 12.8 Å². The Morgan fingerprint density at radius 3 is 2.78 bits per heavy atom. The first-order valence-corrected chi connectivity index (χ1v) is 5.77. The second-order valence-electron chi connectivity index (χ2n) is 3.95. The number of carboxylic acids is 1. The van der Waals surface area contributed by atoms with Gasteiger partial charge in [-0.05, 0) is 18.6 Å². The first kappa shape index (κ1) is 14.0. The molecule has 0 fully saturated rings. The quantitative estimate of drug-likeness (QED) is 0.749. The van der Waals surface area contributed by atoms with Crippen LogP contribution in [0.2, 0.25) is 0 Å². The zero-order chi connectivity index (χ0) is 13.5. The molecule has 3 N–H and O–H groups in total. The van der Waals surface area contributed by atoms with Crippen molar-refractivity contribution >= 4 is 17.6 Å². The highest BCUT2D eigenvalue weighted by atomic mass is 16.4. The van der Waals surface area contributed by atoms with E-state index in [1.165, 1.54) is 12.3 Å². The van der Waals surface area contributed by atoms with Gasteiger partial charge in [-0.15, -0.1) is 0 Å². The summed E-state index contributed by atoms with van der Waals surface area (Å²) in [5, 5.41) is 8.88. The summed E-state index contributed by atoms with van der Waals surface area (Å²) in [4.78, 5) is 27.4. The highest BCUT2D eigenvalue weighted by molar-refractivity contribution is 5.87. The van der Waals surface area contributed by atoms with Gasteiger partial charge in [0.2, 0.25) is 5.91 Å². The smallest absolute Gasteiger partial charge is 0.354 e. The number of hydrogen-bond acceptors (Lipinski definition) is 4. The minimum atomic E-state index is -1.09. The van der Waals surface area contributed by atoms with Crippen molar-refractivity contribution in [2.75, 3.05) is 18.0 Å². The minimum Gasteiger partial charge on any atom is -0.477 e. The molecule has 0 unspecified atom stereocenters.